The van der Waals surface area contributed by atoms with E-state index in [0.717, 1.165) is 48.2 Å². The summed E-state index contributed by atoms with van der Waals surface area (Å²) in [6.45, 7) is 7.78. The molecular weight excluding hydrogens is 446 g/mol. The molecule has 1 aliphatic heterocycles. The summed E-state index contributed by atoms with van der Waals surface area (Å²) in [5, 5.41) is 5.58. The van der Waals surface area contributed by atoms with E-state index in [2.05, 4.69) is 27.1 Å². The first-order chi connectivity index (χ1) is 16.5. The number of piperidine rings is 1. The van der Waals surface area contributed by atoms with Crippen molar-refractivity contribution in [1.82, 2.24) is 19.3 Å². The van der Waals surface area contributed by atoms with Crippen LogP contribution >= 0.6 is 11.3 Å². The number of anilines is 1. The Labute approximate surface area is 203 Å². The number of aromatic nitrogens is 3. The van der Waals surface area contributed by atoms with Gasteiger partial charge in [-0.1, -0.05) is 13.0 Å². The number of rotatable bonds is 7. The van der Waals surface area contributed by atoms with Crippen LogP contribution < -0.4 is 10.1 Å². The molecule has 4 heterocycles. The Hall–Kier alpha value is -3.23. The van der Waals surface area contributed by atoms with Crippen LogP contribution in [0.1, 0.15) is 47.1 Å². The number of hydrogen-bond donors (Lipinski definition) is 1. The van der Waals surface area contributed by atoms with Gasteiger partial charge in [-0.25, -0.2) is 9.97 Å². The van der Waals surface area contributed by atoms with Crippen molar-refractivity contribution in [2.75, 3.05) is 18.4 Å². The minimum absolute atomic E-state index is 0.171. The Balaban J connectivity index is 1.14. The highest BCUT2D eigenvalue weighted by Crippen LogP contribution is 2.22. The second-order valence-corrected chi connectivity index (χ2v) is 9.91. The summed E-state index contributed by atoms with van der Waals surface area (Å²) in [4.78, 5) is 24.4. The maximum atomic E-state index is 12.7. The third-order valence-electron chi connectivity index (χ3n) is 6.13. The number of carbonyl (C=O) groups is 1. The number of nitrogens with zero attached hydrogens (tertiary/aromatic N) is 4. The maximum absolute atomic E-state index is 12.7. The molecule has 8 heteroatoms. The number of amides is 1. The first-order valence-corrected chi connectivity index (χ1v) is 12.6. The summed E-state index contributed by atoms with van der Waals surface area (Å²) in [7, 11) is 0. The third kappa shape index (κ3) is 5.29. The van der Waals surface area contributed by atoms with Crippen molar-refractivity contribution in [3.63, 3.8) is 0 Å². The van der Waals surface area contributed by atoms with Crippen LogP contribution in [-0.2, 0) is 13.2 Å². The van der Waals surface area contributed by atoms with Gasteiger partial charge in [-0.3, -0.25) is 15.0 Å². The molecule has 7 nitrogen and oxygen atoms in total. The minimum atomic E-state index is -0.171. The fourth-order valence-electron chi connectivity index (χ4n) is 4.40. The lowest BCUT2D eigenvalue weighted by Gasteiger charge is -2.30. The lowest BCUT2D eigenvalue weighted by atomic mass is 10.0. The molecule has 176 valence electrons. The Morgan fingerprint density at radius 3 is 2.85 bits per heavy atom. The maximum Gasteiger partial charge on any atom is 0.257 e. The molecule has 1 aliphatic rings. The normalized spacial score (nSPS) is 16.6. The van der Waals surface area contributed by atoms with Crippen LogP contribution in [0.5, 0.6) is 5.75 Å². The summed E-state index contributed by atoms with van der Waals surface area (Å²) >= 11 is 1.47. The molecule has 1 saturated heterocycles. The number of imidazole rings is 1. The van der Waals surface area contributed by atoms with Crippen LogP contribution in [0.15, 0.2) is 54.2 Å². The second-order valence-electron chi connectivity index (χ2n) is 9.05. The van der Waals surface area contributed by atoms with E-state index < -0.39 is 0 Å². The van der Waals surface area contributed by atoms with Gasteiger partial charge in [0.05, 0.1) is 11.4 Å². The highest BCUT2D eigenvalue weighted by molar-refractivity contribution is 7.14. The average Bonchev–Trinajstić information content (AvgIpc) is 3.45. The van der Waals surface area contributed by atoms with Crippen molar-refractivity contribution in [2.45, 2.75) is 39.8 Å². The smallest absolute Gasteiger partial charge is 0.257 e. The van der Waals surface area contributed by atoms with Crippen LogP contribution in [0.25, 0.3) is 5.65 Å². The molecule has 1 aromatic carbocycles. The standard InChI is InChI=1S/C26H29N5O2S/c1-18-5-3-11-30(13-18)14-22-17-34-26(28-22)29-25(32)20-7-9-23(10-8-20)33-16-21-15-31-12-4-6-19(2)24(31)27-21/h4,6-10,12,15,17-18H,3,5,11,13-14,16H2,1-2H3,(H,28,29,32). The Bertz CT molecular complexity index is 1280. The molecule has 1 fully saturated rings. The summed E-state index contributed by atoms with van der Waals surface area (Å²) < 4.78 is 7.87. The van der Waals surface area contributed by atoms with Gasteiger partial charge in [0.1, 0.15) is 18.0 Å². The number of ether oxygens (including phenoxy) is 1. The van der Waals surface area contributed by atoms with E-state index in [0.29, 0.717) is 23.1 Å². The Morgan fingerprint density at radius 1 is 1.21 bits per heavy atom. The van der Waals surface area contributed by atoms with Gasteiger partial charge < -0.3 is 9.14 Å². The van der Waals surface area contributed by atoms with Gasteiger partial charge in [-0.05, 0) is 68.1 Å². The van der Waals surface area contributed by atoms with E-state index in [1.165, 1.54) is 24.2 Å². The molecule has 0 bridgehead atoms. The summed E-state index contributed by atoms with van der Waals surface area (Å²) in [6.07, 6.45) is 6.50. The van der Waals surface area contributed by atoms with Gasteiger partial charge >= 0.3 is 0 Å². The number of thiazole rings is 1. The first-order valence-electron chi connectivity index (χ1n) is 11.7. The van der Waals surface area contributed by atoms with Crippen LogP contribution in [0.2, 0.25) is 0 Å². The van der Waals surface area contributed by atoms with E-state index in [9.17, 15) is 4.79 Å². The second kappa shape index (κ2) is 9.95. The number of carbonyl (C=O) groups excluding carboxylic acids is 1. The van der Waals surface area contributed by atoms with Crippen molar-refractivity contribution >= 4 is 28.0 Å². The first kappa shape index (κ1) is 22.6. The van der Waals surface area contributed by atoms with E-state index in [-0.39, 0.29) is 5.91 Å². The number of pyridine rings is 1. The largest absolute Gasteiger partial charge is 0.487 e. The quantitative estimate of drug-likeness (QED) is 0.400. The number of fused-ring (bicyclic) bond motifs is 1. The summed E-state index contributed by atoms with van der Waals surface area (Å²) in [5.74, 6) is 1.26. The number of aryl methyl sites for hydroxylation is 1. The molecule has 0 radical (unpaired) electrons. The van der Waals surface area contributed by atoms with Gasteiger partial charge in [0.15, 0.2) is 5.13 Å². The highest BCUT2D eigenvalue weighted by atomic mass is 32.1. The van der Waals surface area contributed by atoms with Crippen LogP contribution in [0.3, 0.4) is 0 Å². The Kier molecular flexibility index (Phi) is 6.60. The zero-order chi connectivity index (χ0) is 23.5. The molecule has 0 saturated carbocycles. The molecule has 5 rings (SSSR count). The van der Waals surface area contributed by atoms with Crippen LogP contribution in [0, 0.1) is 12.8 Å². The molecule has 34 heavy (non-hydrogen) atoms. The lowest BCUT2D eigenvalue weighted by molar-refractivity contribution is 0.102. The molecule has 3 aromatic heterocycles. The SMILES string of the molecule is Cc1cccn2cc(COc3ccc(C(=O)Nc4nc(CN5CCCC(C)C5)cs4)cc3)nc12. The number of hydrogen-bond acceptors (Lipinski definition) is 6. The van der Waals surface area contributed by atoms with Gasteiger partial charge in [0, 0.05) is 36.4 Å². The van der Waals surface area contributed by atoms with Gasteiger partial charge in [0.25, 0.3) is 5.91 Å². The highest BCUT2D eigenvalue weighted by Gasteiger charge is 2.18. The zero-order valence-electron chi connectivity index (χ0n) is 19.5. The number of likely N-dealkylation sites (tertiary alicyclic amines) is 1. The van der Waals surface area contributed by atoms with Crippen LogP contribution in [0.4, 0.5) is 5.13 Å². The van der Waals surface area contributed by atoms with Crippen LogP contribution in [-0.4, -0.2) is 38.3 Å². The molecule has 1 N–H and O–H groups in total. The number of nitrogens with one attached hydrogen (secondary N) is 1. The molecular formula is C26H29N5O2S. The zero-order valence-corrected chi connectivity index (χ0v) is 20.3. The van der Waals surface area contributed by atoms with E-state index >= 15 is 0 Å². The van der Waals surface area contributed by atoms with Gasteiger partial charge in [-0.2, -0.15) is 0 Å². The number of benzene rings is 1. The Morgan fingerprint density at radius 2 is 2.06 bits per heavy atom. The fourth-order valence-corrected chi connectivity index (χ4v) is 5.10. The van der Waals surface area contributed by atoms with Crippen molar-refractivity contribution in [1.29, 1.82) is 0 Å². The van der Waals surface area contributed by atoms with E-state index in [1.807, 2.05) is 41.2 Å². The van der Waals surface area contributed by atoms with Gasteiger partial charge in [0.2, 0.25) is 0 Å². The minimum Gasteiger partial charge on any atom is -0.487 e. The summed E-state index contributed by atoms with van der Waals surface area (Å²) in [6, 6.07) is 11.2. The van der Waals surface area contributed by atoms with Crippen molar-refractivity contribution in [3.05, 3.63) is 76.7 Å². The molecule has 4 aromatic rings. The topological polar surface area (TPSA) is 71.8 Å². The van der Waals surface area contributed by atoms with Crippen molar-refractivity contribution < 1.29 is 9.53 Å². The monoisotopic (exact) mass is 475 g/mol. The predicted molar refractivity (Wildman–Crippen MR) is 134 cm³/mol. The molecule has 1 unspecified atom stereocenters. The molecule has 0 aliphatic carbocycles. The van der Waals surface area contributed by atoms with E-state index in [1.54, 1.807) is 24.3 Å². The summed E-state index contributed by atoms with van der Waals surface area (Å²) in [5.41, 5.74) is 4.49. The molecule has 1 atom stereocenters. The molecule has 0 spiro atoms. The lowest BCUT2D eigenvalue weighted by Crippen LogP contribution is -2.33. The fraction of sp³-hybridized carbons (Fsp3) is 0.346. The van der Waals surface area contributed by atoms with Gasteiger partial charge in [-0.15, -0.1) is 11.3 Å². The van der Waals surface area contributed by atoms with Crippen molar-refractivity contribution in [3.8, 4) is 5.75 Å². The third-order valence-corrected chi connectivity index (χ3v) is 6.94. The van der Waals surface area contributed by atoms with Crippen molar-refractivity contribution in [2.24, 2.45) is 5.92 Å². The average molecular weight is 476 g/mol. The van der Waals surface area contributed by atoms with E-state index in [4.69, 9.17) is 4.74 Å². The molecule has 1 amide bonds. The predicted octanol–water partition coefficient (Wildman–Crippen LogP) is 5.16.